The number of methoxy groups -OCH3 is 1. The molecule has 1 aliphatic heterocycles. The maximum atomic E-state index is 5.93. The molecular formula is C24H34N2O3. The van der Waals surface area contributed by atoms with Crippen molar-refractivity contribution in [3.05, 3.63) is 53.1 Å². The van der Waals surface area contributed by atoms with Gasteiger partial charge < -0.3 is 24.4 Å². The smallest absolute Gasteiger partial charge is 0.164 e. The molecule has 0 radical (unpaired) electrons. The molecule has 1 N–H and O–H groups in total. The Labute approximate surface area is 175 Å². The molecule has 1 atom stereocenters. The third kappa shape index (κ3) is 5.03. The van der Waals surface area contributed by atoms with Gasteiger partial charge in [0.05, 0.1) is 19.8 Å². The van der Waals surface area contributed by atoms with Crippen molar-refractivity contribution in [2.45, 2.75) is 33.2 Å². The lowest BCUT2D eigenvalue weighted by molar-refractivity contribution is 0.223. The third-order valence-corrected chi connectivity index (χ3v) is 5.59. The third-order valence-electron chi connectivity index (χ3n) is 5.59. The summed E-state index contributed by atoms with van der Waals surface area (Å²) in [4.78, 5) is 2.36. The first-order valence-electron chi connectivity index (χ1n) is 10.7. The summed E-state index contributed by atoms with van der Waals surface area (Å²) in [5, 5.41) is 3.65. The number of likely N-dealkylation sites (N-methyl/N-ethyl adjacent to an activating group) is 1. The summed E-state index contributed by atoms with van der Waals surface area (Å²) in [6.45, 7) is 11.7. The lowest BCUT2D eigenvalue weighted by Crippen LogP contribution is -2.31. The molecule has 0 saturated heterocycles. The number of ether oxygens (including phenoxy) is 3. The van der Waals surface area contributed by atoms with Crippen LogP contribution in [0.3, 0.4) is 0 Å². The zero-order chi connectivity index (χ0) is 20.6. The number of nitrogens with zero attached hydrogens (tertiary/aromatic N) is 1. The van der Waals surface area contributed by atoms with E-state index in [-0.39, 0.29) is 6.04 Å². The van der Waals surface area contributed by atoms with Crippen molar-refractivity contribution in [3.63, 3.8) is 0 Å². The highest BCUT2D eigenvalue weighted by atomic mass is 16.5. The lowest BCUT2D eigenvalue weighted by Gasteiger charge is -2.29. The van der Waals surface area contributed by atoms with Crippen molar-refractivity contribution in [3.8, 4) is 17.2 Å². The van der Waals surface area contributed by atoms with Crippen LogP contribution in [0.4, 0.5) is 0 Å². The Morgan fingerprint density at radius 1 is 1.00 bits per heavy atom. The van der Waals surface area contributed by atoms with Crippen molar-refractivity contribution in [1.29, 1.82) is 0 Å². The molecule has 0 saturated carbocycles. The van der Waals surface area contributed by atoms with Crippen LogP contribution in [0.5, 0.6) is 17.2 Å². The van der Waals surface area contributed by atoms with E-state index in [1.165, 1.54) is 16.7 Å². The fourth-order valence-corrected chi connectivity index (χ4v) is 3.95. The van der Waals surface area contributed by atoms with Gasteiger partial charge in [-0.1, -0.05) is 32.0 Å². The Balaban J connectivity index is 1.75. The topological polar surface area (TPSA) is 43.0 Å². The second-order valence-electron chi connectivity index (χ2n) is 7.18. The van der Waals surface area contributed by atoms with Gasteiger partial charge in [-0.3, -0.25) is 0 Å². The number of rotatable bonds is 10. The Morgan fingerprint density at radius 3 is 2.41 bits per heavy atom. The largest absolute Gasteiger partial charge is 0.493 e. The number of hydrogen-bond donors (Lipinski definition) is 1. The highest BCUT2D eigenvalue weighted by molar-refractivity contribution is 5.54. The summed E-state index contributed by atoms with van der Waals surface area (Å²) < 4.78 is 17.4. The zero-order valence-electron chi connectivity index (χ0n) is 18.2. The fraction of sp³-hybridized carbons (Fsp3) is 0.500. The normalized spacial score (nSPS) is 15.8. The molecule has 5 nitrogen and oxygen atoms in total. The second-order valence-corrected chi connectivity index (χ2v) is 7.18. The first-order chi connectivity index (χ1) is 14.2. The summed E-state index contributed by atoms with van der Waals surface area (Å²) in [5.74, 6) is 2.61. The number of hydrogen-bond acceptors (Lipinski definition) is 5. The zero-order valence-corrected chi connectivity index (χ0v) is 18.2. The van der Waals surface area contributed by atoms with Crippen LogP contribution >= 0.6 is 0 Å². The van der Waals surface area contributed by atoms with Gasteiger partial charge in [0.2, 0.25) is 0 Å². The molecule has 0 bridgehead atoms. The summed E-state index contributed by atoms with van der Waals surface area (Å²) in [5.41, 5.74) is 3.74. The van der Waals surface area contributed by atoms with Gasteiger partial charge in [-0.25, -0.2) is 0 Å². The van der Waals surface area contributed by atoms with Gasteiger partial charge in [-0.2, -0.15) is 0 Å². The van der Waals surface area contributed by atoms with Crippen molar-refractivity contribution in [2.75, 3.05) is 46.5 Å². The molecule has 5 heteroatoms. The lowest BCUT2D eigenvalue weighted by atomic mass is 9.89. The summed E-state index contributed by atoms with van der Waals surface area (Å²) in [7, 11) is 1.70. The van der Waals surface area contributed by atoms with Crippen LogP contribution in [0.1, 0.15) is 43.5 Å². The van der Waals surface area contributed by atoms with E-state index in [4.69, 9.17) is 14.2 Å². The Morgan fingerprint density at radius 2 is 1.76 bits per heavy atom. The van der Waals surface area contributed by atoms with Crippen LogP contribution in [-0.2, 0) is 6.42 Å². The van der Waals surface area contributed by atoms with Crippen molar-refractivity contribution < 1.29 is 14.2 Å². The summed E-state index contributed by atoms with van der Waals surface area (Å²) >= 11 is 0. The van der Waals surface area contributed by atoms with Gasteiger partial charge in [0.15, 0.2) is 11.5 Å². The molecule has 0 aliphatic carbocycles. The van der Waals surface area contributed by atoms with Crippen LogP contribution in [0.25, 0.3) is 0 Å². The van der Waals surface area contributed by atoms with Crippen LogP contribution < -0.4 is 19.5 Å². The number of benzene rings is 2. The average molecular weight is 399 g/mol. The standard InChI is InChI=1S/C24H34N2O3/c1-5-26(6-2)16-17-29-19-10-8-18(9-11-19)23-20-12-13-22(27-4)24(28-7-3)21(20)14-15-25-23/h8-13,23,25H,5-7,14-17H2,1-4H3. The van der Waals surface area contributed by atoms with E-state index in [1.807, 2.05) is 13.0 Å². The van der Waals surface area contributed by atoms with Gasteiger partial charge >= 0.3 is 0 Å². The molecule has 1 heterocycles. The molecule has 1 unspecified atom stereocenters. The molecule has 1 aliphatic rings. The van der Waals surface area contributed by atoms with Crippen LogP contribution in [0, 0.1) is 0 Å². The van der Waals surface area contributed by atoms with E-state index in [1.54, 1.807) is 7.11 Å². The predicted octanol–water partition coefficient (Wildman–Crippen LogP) is 4.05. The maximum absolute atomic E-state index is 5.93. The van der Waals surface area contributed by atoms with Crippen LogP contribution in [0.15, 0.2) is 36.4 Å². The molecule has 0 spiro atoms. The van der Waals surface area contributed by atoms with E-state index in [2.05, 4.69) is 54.4 Å². The molecule has 3 rings (SSSR count). The molecule has 2 aromatic carbocycles. The van der Waals surface area contributed by atoms with Gasteiger partial charge in [0, 0.05) is 18.7 Å². The maximum Gasteiger partial charge on any atom is 0.164 e. The molecule has 158 valence electrons. The fourth-order valence-electron chi connectivity index (χ4n) is 3.95. The molecule has 2 aromatic rings. The van der Waals surface area contributed by atoms with Crippen LogP contribution in [-0.4, -0.2) is 51.4 Å². The van der Waals surface area contributed by atoms with Gasteiger partial charge in [-0.05, 0) is 55.8 Å². The number of fused-ring (bicyclic) bond motifs is 1. The molecule has 29 heavy (non-hydrogen) atoms. The minimum absolute atomic E-state index is 0.147. The highest BCUT2D eigenvalue weighted by Gasteiger charge is 2.26. The van der Waals surface area contributed by atoms with Crippen molar-refractivity contribution in [1.82, 2.24) is 10.2 Å². The van der Waals surface area contributed by atoms with Crippen LogP contribution in [0.2, 0.25) is 0 Å². The van der Waals surface area contributed by atoms with E-state index >= 15 is 0 Å². The SMILES string of the molecule is CCOc1c(OC)ccc2c1CCNC2c1ccc(OCCN(CC)CC)cc1. The van der Waals surface area contributed by atoms with Gasteiger partial charge in [0.25, 0.3) is 0 Å². The molecule has 0 fully saturated rings. The molecule has 0 amide bonds. The average Bonchev–Trinajstić information content (AvgIpc) is 2.77. The van der Waals surface area contributed by atoms with E-state index in [0.717, 1.165) is 49.8 Å². The van der Waals surface area contributed by atoms with E-state index < -0.39 is 0 Å². The summed E-state index contributed by atoms with van der Waals surface area (Å²) in [6, 6.07) is 12.8. The second kappa shape index (κ2) is 10.5. The van der Waals surface area contributed by atoms with E-state index in [9.17, 15) is 0 Å². The van der Waals surface area contributed by atoms with Gasteiger partial charge in [0.1, 0.15) is 12.4 Å². The first-order valence-corrected chi connectivity index (χ1v) is 10.7. The molecular weight excluding hydrogens is 364 g/mol. The van der Waals surface area contributed by atoms with Crippen molar-refractivity contribution in [2.24, 2.45) is 0 Å². The number of nitrogens with one attached hydrogen (secondary N) is 1. The highest BCUT2D eigenvalue weighted by Crippen LogP contribution is 2.40. The van der Waals surface area contributed by atoms with Gasteiger partial charge in [-0.15, -0.1) is 0 Å². The Bertz CT molecular complexity index is 772. The monoisotopic (exact) mass is 398 g/mol. The minimum Gasteiger partial charge on any atom is -0.493 e. The Kier molecular flexibility index (Phi) is 7.78. The predicted molar refractivity (Wildman–Crippen MR) is 117 cm³/mol. The molecule has 0 aromatic heterocycles. The van der Waals surface area contributed by atoms with E-state index in [0.29, 0.717) is 13.2 Å². The van der Waals surface area contributed by atoms with Crippen molar-refractivity contribution >= 4 is 0 Å². The quantitative estimate of drug-likeness (QED) is 0.654. The minimum atomic E-state index is 0.147. The summed E-state index contributed by atoms with van der Waals surface area (Å²) in [6.07, 6.45) is 0.935. The Hall–Kier alpha value is -2.24. The first kappa shape index (κ1) is 21.5.